The van der Waals surface area contributed by atoms with Gasteiger partial charge in [0.1, 0.15) is 11.5 Å². The second-order valence-electron chi connectivity index (χ2n) is 7.75. The van der Waals surface area contributed by atoms with Crippen LogP contribution in [0.3, 0.4) is 0 Å². The fraction of sp³-hybridized carbons (Fsp3) is 0.0625. The lowest BCUT2D eigenvalue weighted by molar-refractivity contribution is 0.410. The zero-order chi connectivity index (χ0) is 23.3. The molecule has 0 fully saturated rings. The minimum Gasteiger partial charge on any atom is -0.496 e. The summed E-state index contributed by atoms with van der Waals surface area (Å²) in [5, 5.41) is 3.87. The molecule has 0 atom stereocenters. The highest BCUT2D eigenvalue weighted by atomic mass is 16.5. The highest BCUT2D eigenvalue weighted by molar-refractivity contribution is 6.14. The molecular formula is C32H22O2. The molecule has 0 aromatic heterocycles. The van der Waals surface area contributed by atoms with Crippen molar-refractivity contribution in [2.45, 2.75) is 0 Å². The van der Waals surface area contributed by atoms with E-state index in [4.69, 9.17) is 9.47 Å². The van der Waals surface area contributed by atoms with E-state index in [-0.39, 0.29) is 0 Å². The smallest absolute Gasteiger partial charge is 0.128 e. The van der Waals surface area contributed by atoms with Crippen LogP contribution in [-0.2, 0) is 0 Å². The summed E-state index contributed by atoms with van der Waals surface area (Å²) in [6.07, 6.45) is 0. The second-order valence-corrected chi connectivity index (χ2v) is 7.75. The van der Waals surface area contributed by atoms with Gasteiger partial charge in [-0.2, -0.15) is 0 Å². The van der Waals surface area contributed by atoms with E-state index in [1.807, 2.05) is 84.9 Å². The van der Waals surface area contributed by atoms with Crippen molar-refractivity contribution in [3.63, 3.8) is 0 Å². The molecule has 34 heavy (non-hydrogen) atoms. The van der Waals surface area contributed by atoms with Gasteiger partial charge < -0.3 is 9.47 Å². The maximum atomic E-state index is 5.81. The average molecular weight is 439 g/mol. The summed E-state index contributed by atoms with van der Waals surface area (Å²) in [4.78, 5) is 0. The summed E-state index contributed by atoms with van der Waals surface area (Å²) in [6, 6.07) is 32.1. The van der Waals surface area contributed by atoms with Crippen LogP contribution in [0.25, 0.3) is 21.5 Å². The predicted molar refractivity (Wildman–Crippen MR) is 139 cm³/mol. The van der Waals surface area contributed by atoms with Gasteiger partial charge in [0.2, 0.25) is 0 Å². The van der Waals surface area contributed by atoms with E-state index < -0.39 is 0 Å². The number of methoxy groups -OCH3 is 2. The van der Waals surface area contributed by atoms with Crippen molar-refractivity contribution in [2.75, 3.05) is 14.2 Å². The van der Waals surface area contributed by atoms with Crippen LogP contribution >= 0.6 is 0 Å². The first-order valence-corrected chi connectivity index (χ1v) is 11.0. The Morgan fingerprint density at radius 2 is 0.824 bits per heavy atom. The molecule has 162 valence electrons. The average Bonchev–Trinajstić information content (AvgIpc) is 2.91. The van der Waals surface area contributed by atoms with Crippen molar-refractivity contribution in [3.05, 3.63) is 119 Å². The van der Waals surface area contributed by atoms with Gasteiger partial charge in [0.25, 0.3) is 0 Å². The van der Waals surface area contributed by atoms with Gasteiger partial charge in [0.15, 0.2) is 0 Å². The molecule has 0 N–H and O–H groups in total. The molecule has 0 radical (unpaired) electrons. The topological polar surface area (TPSA) is 18.5 Å². The molecule has 0 heterocycles. The second kappa shape index (κ2) is 9.45. The van der Waals surface area contributed by atoms with E-state index in [1.165, 1.54) is 0 Å². The van der Waals surface area contributed by atoms with E-state index in [9.17, 15) is 0 Å². The maximum absolute atomic E-state index is 5.81. The van der Waals surface area contributed by atoms with Crippen molar-refractivity contribution in [1.29, 1.82) is 0 Å². The Balaban J connectivity index is 1.92. The van der Waals surface area contributed by atoms with Gasteiger partial charge in [-0.25, -0.2) is 0 Å². The monoisotopic (exact) mass is 438 g/mol. The summed E-state index contributed by atoms with van der Waals surface area (Å²) in [7, 11) is 3.36. The first-order valence-electron chi connectivity index (χ1n) is 11.0. The summed E-state index contributed by atoms with van der Waals surface area (Å²) < 4.78 is 11.6. The molecule has 5 aromatic rings. The molecule has 0 saturated heterocycles. The van der Waals surface area contributed by atoms with Gasteiger partial charge in [0, 0.05) is 33.0 Å². The van der Waals surface area contributed by atoms with E-state index in [1.54, 1.807) is 14.2 Å². The SMILES string of the molecule is COc1ccc(OC)c2c(C#Cc3ccccc3)c3ccccc3c(C#Cc3ccccc3)c12. The number of hydrogen-bond acceptors (Lipinski definition) is 2. The molecule has 0 aliphatic rings. The third kappa shape index (κ3) is 3.95. The van der Waals surface area contributed by atoms with Crippen molar-refractivity contribution < 1.29 is 9.47 Å². The predicted octanol–water partition coefficient (Wildman–Crippen LogP) is 6.81. The molecule has 2 nitrogen and oxygen atoms in total. The maximum Gasteiger partial charge on any atom is 0.128 e. The molecule has 0 amide bonds. The molecule has 0 spiro atoms. The van der Waals surface area contributed by atoms with E-state index in [0.717, 1.165) is 55.3 Å². The van der Waals surface area contributed by atoms with E-state index in [0.29, 0.717) is 0 Å². The molecule has 5 aromatic carbocycles. The van der Waals surface area contributed by atoms with Gasteiger partial charge in [-0.3, -0.25) is 0 Å². The zero-order valence-electron chi connectivity index (χ0n) is 19.1. The fourth-order valence-corrected chi connectivity index (χ4v) is 4.16. The van der Waals surface area contributed by atoms with Crippen molar-refractivity contribution >= 4 is 21.5 Å². The minimum atomic E-state index is 0.738. The molecule has 2 heteroatoms. The molecular weight excluding hydrogens is 416 g/mol. The van der Waals surface area contributed by atoms with Crippen LogP contribution in [0.2, 0.25) is 0 Å². The van der Waals surface area contributed by atoms with Crippen molar-refractivity contribution in [3.8, 4) is 35.2 Å². The molecule has 5 rings (SSSR count). The minimum absolute atomic E-state index is 0.738. The number of ether oxygens (including phenoxy) is 2. The number of rotatable bonds is 2. The first-order chi connectivity index (χ1) is 16.8. The van der Waals surface area contributed by atoms with Gasteiger partial charge >= 0.3 is 0 Å². The van der Waals surface area contributed by atoms with E-state index >= 15 is 0 Å². The number of benzene rings is 5. The Bertz CT molecular complexity index is 1490. The van der Waals surface area contributed by atoms with Crippen LogP contribution in [0.4, 0.5) is 0 Å². The Kier molecular flexibility index (Phi) is 5.89. The Morgan fingerprint density at radius 3 is 1.21 bits per heavy atom. The van der Waals surface area contributed by atoms with Gasteiger partial charge in [0.05, 0.1) is 14.2 Å². The summed E-state index contributed by atoms with van der Waals surface area (Å²) in [5.74, 6) is 15.0. The molecule has 0 aliphatic carbocycles. The lowest BCUT2D eigenvalue weighted by Gasteiger charge is -2.16. The quantitative estimate of drug-likeness (QED) is 0.223. The van der Waals surface area contributed by atoms with Crippen LogP contribution in [0.1, 0.15) is 22.3 Å². The van der Waals surface area contributed by atoms with E-state index in [2.05, 4.69) is 35.8 Å². The molecule has 0 saturated carbocycles. The molecule has 0 bridgehead atoms. The van der Waals surface area contributed by atoms with Crippen LogP contribution in [0, 0.1) is 23.7 Å². The van der Waals surface area contributed by atoms with Gasteiger partial charge in [-0.05, 0) is 47.2 Å². The third-order valence-electron chi connectivity index (χ3n) is 5.75. The van der Waals surface area contributed by atoms with Crippen LogP contribution in [-0.4, -0.2) is 14.2 Å². The highest BCUT2D eigenvalue weighted by Gasteiger charge is 2.19. The summed E-state index contributed by atoms with van der Waals surface area (Å²) in [6.45, 7) is 0. The third-order valence-corrected chi connectivity index (χ3v) is 5.75. The summed E-state index contributed by atoms with van der Waals surface area (Å²) in [5.41, 5.74) is 3.70. The molecule has 0 unspecified atom stereocenters. The molecule has 0 aliphatic heterocycles. The Hall–Kier alpha value is -4.66. The first kappa shape index (κ1) is 21.2. The highest BCUT2D eigenvalue weighted by Crippen LogP contribution is 2.42. The lowest BCUT2D eigenvalue weighted by Crippen LogP contribution is -1.97. The number of hydrogen-bond donors (Lipinski definition) is 0. The van der Waals surface area contributed by atoms with Crippen molar-refractivity contribution in [1.82, 2.24) is 0 Å². The lowest BCUT2D eigenvalue weighted by atomic mass is 9.90. The zero-order valence-corrected chi connectivity index (χ0v) is 19.1. The number of fused-ring (bicyclic) bond motifs is 2. The largest absolute Gasteiger partial charge is 0.496 e. The summed E-state index contributed by atoms with van der Waals surface area (Å²) >= 11 is 0. The van der Waals surface area contributed by atoms with Crippen LogP contribution in [0.15, 0.2) is 97.1 Å². The fourth-order valence-electron chi connectivity index (χ4n) is 4.16. The van der Waals surface area contributed by atoms with Gasteiger partial charge in [-0.15, -0.1) is 0 Å². The Morgan fingerprint density at radius 1 is 0.441 bits per heavy atom. The van der Waals surface area contributed by atoms with Crippen molar-refractivity contribution in [2.24, 2.45) is 0 Å². The van der Waals surface area contributed by atoms with Gasteiger partial charge in [-0.1, -0.05) is 84.3 Å². The Labute approximate surface area is 199 Å². The standard InChI is InChI=1S/C32H22O2/c1-33-29-21-22-30(34-2)32-28(20-18-24-13-7-4-8-14-24)26-16-10-9-15-25(26)27(31(29)32)19-17-23-11-5-3-6-12-23/h3-16,21-22H,1-2H3. The van der Waals surface area contributed by atoms with Crippen LogP contribution < -0.4 is 9.47 Å². The van der Waals surface area contributed by atoms with Crippen LogP contribution in [0.5, 0.6) is 11.5 Å². The normalized spacial score (nSPS) is 10.2.